The van der Waals surface area contributed by atoms with Crippen LogP contribution in [0.4, 0.5) is 0 Å². The van der Waals surface area contributed by atoms with Crippen LogP contribution in [0.5, 0.6) is 0 Å². The number of quaternary nitrogens is 1. The molecule has 1 N–H and O–H groups in total. The molecule has 0 spiro atoms. The van der Waals surface area contributed by atoms with Gasteiger partial charge in [-0.25, -0.2) is 0 Å². The van der Waals surface area contributed by atoms with Gasteiger partial charge >= 0.3 is 0 Å². The number of allylic oxidation sites excluding steroid dienone is 1. The van der Waals surface area contributed by atoms with Crippen LogP contribution in [0.15, 0.2) is 29.6 Å². The van der Waals surface area contributed by atoms with Crippen molar-refractivity contribution in [1.29, 1.82) is 0 Å². The lowest BCUT2D eigenvalue weighted by molar-refractivity contribution is -0.906. The van der Waals surface area contributed by atoms with Crippen molar-refractivity contribution in [3.63, 3.8) is 0 Å². The Balaban J connectivity index is 2.55. The molecular formula is C8H8N2O2S. The molecule has 2 heterocycles. The Hall–Kier alpha value is -0.880. The highest BCUT2D eigenvalue weighted by atomic mass is 32.2. The second-order valence-corrected chi connectivity index (χ2v) is 3.98. The normalized spacial score (nSPS) is 26.5. The first-order chi connectivity index (χ1) is 6.08. The third-order valence-corrected chi connectivity index (χ3v) is 2.71. The molecule has 0 aliphatic carbocycles. The number of pyridine rings is 1. The Morgan fingerprint density at radius 3 is 3.15 bits per heavy atom. The maximum Gasteiger partial charge on any atom is 0.155 e. The van der Waals surface area contributed by atoms with Crippen molar-refractivity contribution < 1.29 is 9.42 Å². The van der Waals surface area contributed by atoms with E-state index in [1.165, 1.54) is 6.20 Å². The molecule has 4 nitrogen and oxygen atoms in total. The maximum atomic E-state index is 11.3. The Morgan fingerprint density at radius 2 is 2.38 bits per heavy atom. The average Bonchev–Trinajstić information content (AvgIpc) is 2.02. The van der Waals surface area contributed by atoms with E-state index >= 15 is 0 Å². The zero-order valence-electron chi connectivity index (χ0n) is 6.97. The van der Waals surface area contributed by atoms with Gasteiger partial charge in [0.25, 0.3) is 0 Å². The fourth-order valence-electron chi connectivity index (χ4n) is 1.24. The quantitative estimate of drug-likeness (QED) is 0.392. The van der Waals surface area contributed by atoms with Gasteiger partial charge in [0.05, 0.1) is 4.90 Å². The summed E-state index contributed by atoms with van der Waals surface area (Å²) in [5.74, 6) is 0. The lowest BCUT2D eigenvalue weighted by Crippen LogP contribution is -2.25. The Bertz CT molecular complexity index is 376. The van der Waals surface area contributed by atoms with Gasteiger partial charge in [0, 0.05) is 23.5 Å². The van der Waals surface area contributed by atoms with E-state index in [0.29, 0.717) is 0 Å². The Morgan fingerprint density at radius 1 is 1.62 bits per heavy atom. The van der Waals surface area contributed by atoms with Gasteiger partial charge in [-0.2, -0.15) is 5.21 Å². The van der Waals surface area contributed by atoms with E-state index < -0.39 is 4.21 Å². The lowest BCUT2D eigenvalue weighted by Gasteiger charge is -2.30. The van der Waals surface area contributed by atoms with Gasteiger partial charge < -0.3 is 5.21 Å². The average molecular weight is 196 g/mol. The van der Waals surface area contributed by atoms with Crippen LogP contribution in [-0.4, -0.2) is 14.4 Å². The minimum absolute atomic E-state index is 0.749. The molecule has 2 rings (SSSR count). The van der Waals surface area contributed by atoms with Crippen LogP contribution < -0.4 is 0 Å². The third kappa shape index (κ3) is 1.59. The fourth-order valence-corrected chi connectivity index (χ4v) is 2.17. The zero-order valence-corrected chi connectivity index (χ0v) is 7.78. The molecule has 1 aromatic heterocycles. The van der Waals surface area contributed by atoms with Gasteiger partial charge in [0.2, 0.25) is 0 Å². The van der Waals surface area contributed by atoms with E-state index in [9.17, 15) is 10.4 Å². The molecule has 5 heteroatoms. The van der Waals surface area contributed by atoms with Crippen LogP contribution >= 0.6 is 11.9 Å². The molecule has 0 bridgehead atoms. The standard InChI is InChI=1S/C8H8N2O2S/c1-6-5-10(11,12)13-8-2-3-9-4-7(6)8/h2-5,11H,1H3. The molecule has 0 radical (unpaired) electrons. The van der Waals surface area contributed by atoms with Crippen LogP contribution in [0, 0.1) is 5.21 Å². The first kappa shape index (κ1) is 8.71. The van der Waals surface area contributed by atoms with E-state index in [1.807, 2.05) is 0 Å². The summed E-state index contributed by atoms with van der Waals surface area (Å²) in [6.07, 6.45) is 4.53. The maximum absolute atomic E-state index is 11.3. The molecule has 0 fully saturated rings. The molecule has 68 valence electrons. The van der Waals surface area contributed by atoms with Gasteiger partial charge in [-0.3, -0.25) is 4.98 Å². The molecule has 0 saturated heterocycles. The molecule has 0 saturated carbocycles. The van der Waals surface area contributed by atoms with Crippen molar-refractivity contribution in [3.05, 3.63) is 35.4 Å². The van der Waals surface area contributed by atoms with Crippen LogP contribution in [0.25, 0.3) is 5.57 Å². The van der Waals surface area contributed by atoms with Gasteiger partial charge in [0.1, 0.15) is 6.20 Å². The molecule has 1 atom stereocenters. The second-order valence-electron chi connectivity index (χ2n) is 2.84. The van der Waals surface area contributed by atoms with Gasteiger partial charge in [-0.05, 0) is 13.0 Å². The van der Waals surface area contributed by atoms with E-state index in [-0.39, 0.29) is 0 Å². The second kappa shape index (κ2) is 2.81. The SMILES string of the molecule is CC1=C[N+]([O-])(O)Sc2ccncc21. The Kier molecular flexibility index (Phi) is 1.88. The molecule has 1 aliphatic rings. The number of aromatic nitrogens is 1. The number of hydroxylamine groups is 2. The summed E-state index contributed by atoms with van der Waals surface area (Å²) in [4.78, 5) is 4.71. The van der Waals surface area contributed by atoms with Crippen LogP contribution in [0.1, 0.15) is 12.5 Å². The predicted octanol–water partition coefficient (Wildman–Crippen LogP) is 2.17. The number of nitrogens with zero attached hydrogens (tertiary/aromatic N) is 2. The first-order valence-electron chi connectivity index (χ1n) is 3.74. The van der Waals surface area contributed by atoms with Crippen molar-refractivity contribution in [2.24, 2.45) is 0 Å². The molecule has 0 amide bonds. The highest BCUT2D eigenvalue weighted by molar-refractivity contribution is 7.94. The van der Waals surface area contributed by atoms with Crippen molar-refractivity contribution in [2.75, 3.05) is 0 Å². The molecule has 1 aromatic rings. The highest BCUT2D eigenvalue weighted by Crippen LogP contribution is 2.39. The number of rotatable bonds is 0. The Labute approximate surface area is 79.8 Å². The van der Waals surface area contributed by atoms with Gasteiger partial charge in [-0.15, -0.1) is 4.21 Å². The summed E-state index contributed by atoms with van der Waals surface area (Å²) in [7, 11) is 0. The molecule has 13 heavy (non-hydrogen) atoms. The smallest absolute Gasteiger partial charge is 0.155 e. The fraction of sp³-hybridized carbons (Fsp3) is 0.125. The van der Waals surface area contributed by atoms with Crippen LogP contribution in [0.3, 0.4) is 0 Å². The summed E-state index contributed by atoms with van der Waals surface area (Å²) in [5, 5.41) is 20.5. The van der Waals surface area contributed by atoms with Crippen molar-refractivity contribution >= 4 is 17.5 Å². The molecule has 1 aliphatic heterocycles. The zero-order chi connectivity index (χ0) is 9.47. The number of fused-ring (bicyclic) bond motifs is 1. The highest BCUT2D eigenvalue weighted by Gasteiger charge is 2.25. The van der Waals surface area contributed by atoms with Crippen molar-refractivity contribution in [3.8, 4) is 0 Å². The van der Waals surface area contributed by atoms with E-state index in [0.717, 1.165) is 28.0 Å². The van der Waals surface area contributed by atoms with E-state index in [1.54, 1.807) is 25.4 Å². The van der Waals surface area contributed by atoms with Crippen LogP contribution in [0.2, 0.25) is 0 Å². The van der Waals surface area contributed by atoms with Crippen molar-refractivity contribution in [2.45, 2.75) is 11.8 Å². The monoisotopic (exact) mass is 196 g/mol. The first-order valence-corrected chi connectivity index (χ1v) is 4.52. The van der Waals surface area contributed by atoms with Crippen molar-refractivity contribution in [1.82, 2.24) is 4.98 Å². The summed E-state index contributed by atoms with van der Waals surface area (Å²) in [5.41, 5.74) is 1.66. The molecular weight excluding hydrogens is 188 g/mol. The molecule has 1 unspecified atom stereocenters. The predicted molar refractivity (Wildman–Crippen MR) is 49.2 cm³/mol. The minimum atomic E-state index is -1.40. The van der Waals surface area contributed by atoms with Crippen LogP contribution in [-0.2, 0) is 0 Å². The lowest BCUT2D eigenvalue weighted by atomic mass is 10.1. The topological polar surface area (TPSA) is 56.2 Å². The summed E-state index contributed by atoms with van der Waals surface area (Å²) in [6.45, 7) is 1.78. The number of hydrogen-bond donors (Lipinski definition) is 1. The van der Waals surface area contributed by atoms with Gasteiger partial charge in [0.15, 0.2) is 11.9 Å². The molecule has 0 aromatic carbocycles. The summed E-state index contributed by atoms with van der Waals surface area (Å²) < 4.78 is -1.40. The summed E-state index contributed by atoms with van der Waals surface area (Å²) in [6, 6.07) is 1.72. The third-order valence-electron chi connectivity index (χ3n) is 1.79. The van der Waals surface area contributed by atoms with Gasteiger partial charge in [-0.1, -0.05) is 0 Å². The summed E-state index contributed by atoms with van der Waals surface area (Å²) >= 11 is 0.839. The number of hydrogen-bond acceptors (Lipinski definition) is 4. The largest absolute Gasteiger partial charge is 0.581 e. The van der Waals surface area contributed by atoms with E-state index in [4.69, 9.17) is 0 Å². The van der Waals surface area contributed by atoms with E-state index in [2.05, 4.69) is 4.98 Å². The minimum Gasteiger partial charge on any atom is -0.581 e.